The standard InChI is InChI=1S/C21H25N5O4/c1-12-6-8-18(29-5)17(10-12)25-20(28)15(4)30-19(27)9-7-16-13(2)24-21-22-11-23-26(21)14(16)3/h6,8,10-11,15H,7,9H2,1-5H3,(H,25,28)/t15-/m1/s1. The number of amides is 1. The van der Waals surface area contributed by atoms with Crippen LogP contribution in [-0.4, -0.2) is 44.7 Å². The summed E-state index contributed by atoms with van der Waals surface area (Å²) in [5.74, 6) is 0.166. The molecule has 1 amide bonds. The second-order valence-electron chi connectivity index (χ2n) is 7.06. The lowest BCUT2D eigenvalue weighted by molar-refractivity contribution is -0.153. The Morgan fingerprint density at radius 3 is 2.73 bits per heavy atom. The Balaban J connectivity index is 1.60. The average molecular weight is 411 g/mol. The molecule has 0 fully saturated rings. The maximum atomic E-state index is 12.5. The van der Waals surface area contributed by atoms with E-state index in [1.54, 1.807) is 16.6 Å². The van der Waals surface area contributed by atoms with E-state index in [4.69, 9.17) is 9.47 Å². The number of methoxy groups -OCH3 is 1. The summed E-state index contributed by atoms with van der Waals surface area (Å²) in [5.41, 5.74) is 4.08. The van der Waals surface area contributed by atoms with Crippen LogP contribution in [0.2, 0.25) is 0 Å². The molecule has 158 valence electrons. The molecule has 0 aliphatic heterocycles. The predicted molar refractivity (Wildman–Crippen MR) is 110 cm³/mol. The van der Waals surface area contributed by atoms with Gasteiger partial charge in [-0.25, -0.2) is 9.50 Å². The molecule has 9 heteroatoms. The second-order valence-corrected chi connectivity index (χ2v) is 7.06. The van der Waals surface area contributed by atoms with Crippen molar-refractivity contribution in [1.29, 1.82) is 0 Å². The number of nitrogens with one attached hydrogen (secondary N) is 1. The van der Waals surface area contributed by atoms with Gasteiger partial charge in [0.15, 0.2) is 6.10 Å². The van der Waals surface area contributed by atoms with Gasteiger partial charge in [0.25, 0.3) is 11.7 Å². The van der Waals surface area contributed by atoms with Gasteiger partial charge in [-0.2, -0.15) is 10.1 Å². The highest BCUT2D eigenvalue weighted by atomic mass is 16.5. The first-order chi connectivity index (χ1) is 14.3. The van der Waals surface area contributed by atoms with E-state index in [1.807, 2.05) is 26.8 Å². The lowest BCUT2D eigenvalue weighted by atomic mass is 10.1. The third-order valence-electron chi connectivity index (χ3n) is 4.86. The van der Waals surface area contributed by atoms with Gasteiger partial charge < -0.3 is 14.8 Å². The Hall–Kier alpha value is -3.49. The summed E-state index contributed by atoms with van der Waals surface area (Å²) in [6.45, 7) is 7.22. The topological polar surface area (TPSA) is 108 Å². The van der Waals surface area contributed by atoms with Crippen LogP contribution in [0.15, 0.2) is 24.5 Å². The van der Waals surface area contributed by atoms with Crippen LogP contribution >= 0.6 is 0 Å². The van der Waals surface area contributed by atoms with E-state index >= 15 is 0 Å². The summed E-state index contributed by atoms with van der Waals surface area (Å²) in [5, 5.41) is 6.89. The number of benzene rings is 1. The molecule has 1 aromatic carbocycles. The Bertz CT molecular complexity index is 1090. The third kappa shape index (κ3) is 4.56. The minimum Gasteiger partial charge on any atom is -0.495 e. The first kappa shape index (κ1) is 21.2. The normalized spacial score (nSPS) is 11.9. The number of carbonyl (C=O) groups excluding carboxylic acids is 2. The van der Waals surface area contributed by atoms with Gasteiger partial charge in [-0.1, -0.05) is 6.07 Å². The highest BCUT2D eigenvalue weighted by molar-refractivity contribution is 5.96. The summed E-state index contributed by atoms with van der Waals surface area (Å²) in [4.78, 5) is 33.2. The Morgan fingerprint density at radius 1 is 1.23 bits per heavy atom. The maximum Gasteiger partial charge on any atom is 0.306 e. The van der Waals surface area contributed by atoms with E-state index in [-0.39, 0.29) is 6.42 Å². The van der Waals surface area contributed by atoms with Gasteiger partial charge in [0.2, 0.25) is 0 Å². The summed E-state index contributed by atoms with van der Waals surface area (Å²) in [6.07, 6.45) is 1.05. The van der Waals surface area contributed by atoms with E-state index in [0.717, 1.165) is 22.5 Å². The van der Waals surface area contributed by atoms with Crippen molar-refractivity contribution in [2.24, 2.45) is 0 Å². The minimum atomic E-state index is -0.944. The van der Waals surface area contributed by atoms with Gasteiger partial charge >= 0.3 is 5.97 Å². The van der Waals surface area contributed by atoms with Crippen LogP contribution in [0.4, 0.5) is 5.69 Å². The summed E-state index contributed by atoms with van der Waals surface area (Å²) in [6, 6.07) is 5.45. The molecule has 1 N–H and O–H groups in total. The molecule has 9 nitrogen and oxygen atoms in total. The molecule has 0 saturated heterocycles. The molecular formula is C21H25N5O4. The van der Waals surface area contributed by atoms with Crippen LogP contribution in [0, 0.1) is 20.8 Å². The van der Waals surface area contributed by atoms with Crippen LogP contribution in [-0.2, 0) is 20.7 Å². The van der Waals surface area contributed by atoms with Gasteiger partial charge in [-0.15, -0.1) is 0 Å². The fourth-order valence-corrected chi connectivity index (χ4v) is 3.21. The van der Waals surface area contributed by atoms with E-state index in [2.05, 4.69) is 20.4 Å². The van der Waals surface area contributed by atoms with Crippen LogP contribution < -0.4 is 10.1 Å². The third-order valence-corrected chi connectivity index (χ3v) is 4.86. The van der Waals surface area contributed by atoms with Crippen molar-refractivity contribution in [3.05, 3.63) is 47.0 Å². The fourth-order valence-electron chi connectivity index (χ4n) is 3.21. The number of hydrogen-bond acceptors (Lipinski definition) is 7. The summed E-state index contributed by atoms with van der Waals surface area (Å²) in [7, 11) is 1.53. The van der Waals surface area contributed by atoms with Gasteiger partial charge in [-0.3, -0.25) is 9.59 Å². The zero-order valence-electron chi connectivity index (χ0n) is 17.7. The molecule has 0 bridgehead atoms. The maximum absolute atomic E-state index is 12.5. The number of carbonyl (C=O) groups is 2. The molecule has 0 radical (unpaired) electrons. The zero-order chi connectivity index (χ0) is 21.8. The number of aromatic nitrogens is 4. The molecule has 2 heterocycles. The Labute approximate surface area is 174 Å². The number of nitrogens with zero attached hydrogens (tertiary/aromatic N) is 4. The largest absolute Gasteiger partial charge is 0.495 e. The Morgan fingerprint density at radius 2 is 2.00 bits per heavy atom. The molecule has 1 atom stereocenters. The van der Waals surface area contributed by atoms with Gasteiger partial charge in [0.1, 0.15) is 12.1 Å². The number of aryl methyl sites for hydroxylation is 3. The smallest absolute Gasteiger partial charge is 0.306 e. The highest BCUT2D eigenvalue weighted by Crippen LogP contribution is 2.25. The van der Waals surface area contributed by atoms with Crippen molar-refractivity contribution in [2.75, 3.05) is 12.4 Å². The van der Waals surface area contributed by atoms with E-state index in [1.165, 1.54) is 20.4 Å². The first-order valence-corrected chi connectivity index (χ1v) is 9.61. The first-order valence-electron chi connectivity index (χ1n) is 9.61. The van der Waals surface area contributed by atoms with Crippen molar-refractivity contribution in [3.8, 4) is 5.75 Å². The second kappa shape index (κ2) is 8.89. The van der Waals surface area contributed by atoms with Crippen molar-refractivity contribution >= 4 is 23.3 Å². The number of ether oxygens (including phenoxy) is 2. The van der Waals surface area contributed by atoms with E-state index in [9.17, 15) is 9.59 Å². The predicted octanol–water partition coefficient (Wildman–Crippen LogP) is 2.56. The number of anilines is 1. The quantitative estimate of drug-likeness (QED) is 0.595. The minimum absolute atomic E-state index is 0.120. The highest BCUT2D eigenvalue weighted by Gasteiger charge is 2.20. The van der Waals surface area contributed by atoms with E-state index < -0.39 is 18.0 Å². The van der Waals surface area contributed by atoms with Crippen molar-refractivity contribution in [2.45, 2.75) is 46.6 Å². The molecule has 0 spiro atoms. The summed E-state index contributed by atoms with van der Waals surface area (Å²) < 4.78 is 12.2. The lowest BCUT2D eigenvalue weighted by Crippen LogP contribution is -2.30. The molecule has 30 heavy (non-hydrogen) atoms. The van der Waals surface area contributed by atoms with Crippen LogP contribution in [0.1, 0.15) is 35.9 Å². The molecule has 3 rings (SSSR count). The van der Waals surface area contributed by atoms with Crippen molar-refractivity contribution < 1.29 is 19.1 Å². The van der Waals surface area contributed by atoms with Crippen molar-refractivity contribution in [1.82, 2.24) is 19.6 Å². The average Bonchev–Trinajstić information content (AvgIpc) is 3.16. The number of esters is 1. The van der Waals surface area contributed by atoms with E-state index in [0.29, 0.717) is 23.6 Å². The molecule has 0 saturated carbocycles. The number of fused-ring (bicyclic) bond motifs is 1. The van der Waals surface area contributed by atoms with Gasteiger partial charge in [0.05, 0.1) is 12.8 Å². The lowest BCUT2D eigenvalue weighted by Gasteiger charge is -2.16. The SMILES string of the molecule is COc1ccc(C)cc1NC(=O)[C@@H](C)OC(=O)CCc1c(C)nc2ncnn2c1C. The molecule has 0 unspecified atom stereocenters. The zero-order valence-corrected chi connectivity index (χ0v) is 17.7. The van der Waals surface area contributed by atoms with Crippen LogP contribution in [0.5, 0.6) is 5.75 Å². The molecule has 0 aliphatic rings. The monoisotopic (exact) mass is 411 g/mol. The molecule has 3 aromatic rings. The van der Waals surface area contributed by atoms with Crippen molar-refractivity contribution in [3.63, 3.8) is 0 Å². The Kier molecular flexibility index (Phi) is 6.29. The molecule has 2 aromatic heterocycles. The molecular weight excluding hydrogens is 386 g/mol. The fraction of sp³-hybridized carbons (Fsp3) is 0.381. The van der Waals surface area contributed by atoms with Gasteiger partial charge in [-0.05, 0) is 57.4 Å². The van der Waals surface area contributed by atoms with Gasteiger partial charge in [0, 0.05) is 17.8 Å². The summed E-state index contributed by atoms with van der Waals surface area (Å²) >= 11 is 0. The number of hydrogen-bond donors (Lipinski definition) is 1. The van der Waals surface area contributed by atoms with Crippen LogP contribution in [0.25, 0.3) is 5.78 Å². The van der Waals surface area contributed by atoms with Crippen LogP contribution in [0.3, 0.4) is 0 Å². The molecule has 0 aliphatic carbocycles. The number of rotatable bonds is 7.